The molecular weight excluding hydrogens is 488 g/mol. The number of aromatic nitrogens is 1. The molecule has 4 unspecified atom stereocenters. The molecule has 4 atom stereocenters. The lowest BCUT2D eigenvalue weighted by molar-refractivity contribution is -0.143. The molecule has 0 aliphatic carbocycles. The number of H-pyrrole nitrogens is 1. The summed E-state index contributed by atoms with van der Waals surface area (Å²) in [5, 5.41) is 16.0. The summed E-state index contributed by atoms with van der Waals surface area (Å²) in [4.78, 5) is 56.2. The molecule has 1 fully saturated rings. The van der Waals surface area contributed by atoms with Crippen LogP contribution in [0.4, 0.5) is 0 Å². The van der Waals surface area contributed by atoms with Crippen LogP contribution < -0.4 is 22.1 Å². The van der Waals surface area contributed by atoms with Gasteiger partial charge in [-0.2, -0.15) is 0 Å². The van der Waals surface area contributed by atoms with Gasteiger partial charge in [-0.05, 0) is 56.2 Å². The Balaban J connectivity index is 1.81. The van der Waals surface area contributed by atoms with E-state index < -0.39 is 42.0 Å². The van der Waals surface area contributed by atoms with Gasteiger partial charge in [0.25, 0.3) is 0 Å². The SMILES string of the molecule is CC(C)C(N)C(=O)N1CCCC1C(=O)NC(Cc1c[nH]c2ccccc12)C(=O)NC(CCCCN)C(=O)O. The Morgan fingerprint density at radius 3 is 2.55 bits per heavy atom. The van der Waals surface area contributed by atoms with Crippen LogP contribution in [-0.2, 0) is 25.6 Å². The van der Waals surface area contributed by atoms with Gasteiger partial charge in [-0.1, -0.05) is 32.0 Å². The molecule has 1 aromatic heterocycles. The van der Waals surface area contributed by atoms with Crippen LogP contribution in [0.1, 0.15) is 51.5 Å². The summed E-state index contributed by atoms with van der Waals surface area (Å²) in [6.07, 6.45) is 4.44. The third kappa shape index (κ3) is 7.11. The van der Waals surface area contributed by atoms with Crippen molar-refractivity contribution in [1.82, 2.24) is 20.5 Å². The predicted molar refractivity (Wildman–Crippen MR) is 144 cm³/mol. The van der Waals surface area contributed by atoms with E-state index in [2.05, 4.69) is 15.6 Å². The van der Waals surface area contributed by atoms with Gasteiger partial charge in [0, 0.05) is 30.1 Å². The number of hydrogen-bond acceptors (Lipinski definition) is 6. The minimum Gasteiger partial charge on any atom is -0.480 e. The third-order valence-corrected chi connectivity index (χ3v) is 7.14. The molecule has 0 saturated carbocycles. The van der Waals surface area contributed by atoms with Crippen LogP contribution in [0, 0.1) is 5.92 Å². The van der Waals surface area contributed by atoms with E-state index in [1.54, 1.807) is 6.20 Å². The number of likely N-dealkylation sites (tertiary alicyclic amines) is 1. The first-order chi connectivity index (χ1) is 18.1. The van der Waals surface area contributed by atoms with Gasteiger partial charge >= 0.3 is 5.97 Å². The summed E-state index contributed by atoms with van der Waals surface area (Å²) >= 11 is 0. The van der Waals surface area contributed by atoms with Crippen molar-refractivity contribution < 1.29 is 24.3 Å². The van der Waals surface area contributed by atoms with Gasteiger partial charge in [-0.25, -0.2) is 4.79 Å². The van der Waals surface area contributed by atoms with E-state index in [1.807, 2.05) is 38.1 Å². The number of fused-ring (bicyclic) bond motifs is 1. The molecule has 3 rings (SSSR count). The molecule has 0 radical (unpaired) electrons. The highest BCUT2D eigenvalue weighted by atomic mass is 16.4. The number of para-hydroxylation sites is 1. The molecule has 11 nitrogen and oxygen atoms in total. The maximum absolute atomic E-state index is 13.4. The lowest BCUT2D eigenvalue weighted by atomic mass is 10.0. The van der Waals surface area contributed by atoms with Crippen LogP contribution in [0.15, 0.2) is 30.5 Å². The topological polar surface area (TPSA) is 184 Å². The summed E-state index contributed by atoms with van der Waals surface area (Å²) < 4.78 is 0. The van der Waals surface area contributed by atoms with Gasteiger partial charge in [-0.15, -0.1) is 0 Å². The largest absolute Gasteiger partial charge is 0.480 e. The lowest BCUT2D eigenvalue weighted by Gasteiger charge is -2.29. The fraction of sp³-hybridized carbons (Fsp3) is 0.556. The summed E-state index contributed by atoms with van der Waals surface area (Å²) in [5.41, 5.74) is 13.3. The monoisotopic (exact) mass is 528 g/mol. The van der Waals surface area contributed by atoms with Gasteiger partial charge in [0.1, 0.15) is 18.1 Å². The Bertz CT molecular complexity index is 1130. The van der Waals surface area contributed by atoms with Crippen molar-refractivity contribution in [3.63, 3.8) is 0 Å². The first-order valence-electron chi connectivity index (χ1n) is 13.3. The van der Waals surface area contributed by atoms with E-state index in [9.17, 15) is 24.3 Å². The van der Waals surface area contributed by atoms with E-state index in [0.29, 0.717) is 38.8 Å². The minimum absolute atomic E-state index is 0.0839. The molecule has 11 heteroatoms. The van der Waals surface area contributed by atoms with Crippen molar-refractivity contribution in [2.45, 2.75) is 76.5 Å². The van der Waals surface area contributed by atoms with Crippen LogP contribution in [0.25, 0.3) is 10.9 Å². The third-order valence-electron chi connectivity index (χ3n) is 7.14. The highest BCUT2D eigenvalue weighted by Crippen LogP contribution is 2.22. The zero-order valence-electron chi connectivity index (χ0n) is 22.1. The van der Waals surface area contributed by atoms with Crippen molar-refractivity contribution in [1.29, 1.82) is 0 Å². The molecular formula is C27H40N6O5. The number of nitrogens with two attached hydrogens (primary N) is 2. The van der Waals surface area contributed by atoms with Crippen molar-refractivity contribution in [2.24, 2.45) is 17.4 Å². The van der Waals surface area contributed by atoms with E-state index >= 15 is 0 Å². The van der Waals surface area contributed by atoms with Crippen LogP contribution in [0.3, 0.4) is 0 Å². The molecule has 2 heterocycles. The van der Waals surface area contributed by atoms with E-state index in [1.165, 1.54) is 4.90 Å². The fourth-order valence-electron chi connectivity index (χ4n) is 4.80. The average Bonchev–Trinajstić information content (AvgIpc) is 3.54. The number of nitrogens with zero attached hydrogens (tertiary/aromatic N) is 1. The average molecular weight is 529 g/mol. The molecule has 2 aromatic rings. The number of carbonyl (C=O) groups excluding carboxylic acids is 3. The predicted octanol–water partition coefficient (Wildman–Crippen LogP) is 0.868. The molecule has 1 aliphatic rings. The number of amides is 3. The number of carboxylic acid groups (broad SMARTS) is 1. The zero-order valence-corrected chi connectivity index (χ0v) is 22.1. The summed E-state index contributed by atoms with van der Waals surface area (Å²) in [7, 11) is 0. The molecule has 3 amide bonds. The smallest absolute Gasteiger partial charge is 0.326 e. The second kappa shape index (κ2) is 13.4. The highest BCUT2D eigenvalue weighted by molar-refractivity contribution is 5.95. The number of carboxylic acids is 1. The Kier molecular flexibility index (Phi) is 10.3. The molecule has 0 bridgehead atoms. The highest BCUT2D eigenvalue weighted by Gasteiger charge is 2.38. The van der Waals surface area contributed by atoms with Gasteiger partial charge in [0.15, 0.2) is 0 Å². The summed E-state index contributed by atoms with van der Waals surface area (Å²) in [6.45, 7) is 4.54. The first-order valence-corrected chi connectivity index (χ1v) is 13.3. The molecule has 8 N–H and O–H groups in total. The van der Waals surface area contributed by atoms with Gasteiger partial charge in [-0.3, -0.25) is 14.4 Å². The fourth-order valence-corrected chi connectivity index (χ4v) is 4.80. The number of carbonyl (C=O) groups is 4. The number of aliphatic carboxylic acids is 1. The second-order valence-corrected chi connectivity index (χ2v) is 10.3. The molecule has 1 aliphatic heterocycles. The molecule has 38 heavy (non-hydrogen) atoms. The Morgan fingerprint density at radius 1 is 1.13 bits per heavy atom. The van der Waals surface area contributed by atoms with E-state index in [-0.39, 0.29) is 24.7 Å². The van der Waals surface area contributed by atoms with Gasteiger partial charge in [0.2, 0.25) is 17.7 Å². The molecule has 0 spiro atoms. The first kappa shape index (κ1) is 29.1. The standard InChI is InChI=1S/C27H40N6O5/c1-16(2)23(29)26(36)33-13-7-11-22(33)25(35)32-21(14-17-15-30-19-9-4-3-8-18(17)19)24(34)31-20(27(37)38)10-5-6-12-28/h3-4,8-9,15-16,20-23,30H,5-7,10-14,28-29H2,1-2H3,(H,31,34)(H,32,35)(H,37,38). The van der Waals surface area contributed by atoms with Crippen LogP contribution in [0.2, 0.25) is 0 Å². The Hall–Kier alpha value is -3.44. The Morgan fingerprint density at radius 2 is 1.87 bits per heavy atom. The van der Waals surface area contributed by atoms with Crippen LogP contribution >= 0.6 is 0 Å². The van der Waals surface area contributed by atoms with Crippen LogP contribution in [0.5, 0.6) is 0 Å². The maximum atomic E-state index is 13.4. The number of hydrogen-bond donors (Lipinski definition) is 6. The minimum atomic E-state index is -1.15. The quantitative estimate of drug-likeness (QED) is 0.208. The molecule has 1 saturated heterocycles. The normalized spacial score (nSPS) is 17.8. The zero-order chi connectivity index (χ0) is 27.8. The number of benzene rings is 1. The van der Waals surface area contributed by atoms with Crippen molar-refractivity contribution >= 4 is 34.6 Å². The summed E-state index contributed by atoms with van der Waals surface area (Å²) in [6, 6.07) is 3.97. The summed E-state index contributed by atoms with van der Waals surface area (Å²) in [5.74, 6) is -2.58. The number of aromatic amines is 1. The number of rotatable bonds is 13. The van der Waals surface area contributed by atoms with Crippen molar-refractivity contribution in [2.75, 3.05) is 13.1 Å². The Labute approximate surface area is 222 Å². The van der Waals surface area contributed by atoms with Gasteiger partial charge < -0.3 is 37.1 Å². The van der Waals surface area contributed by atoms with Gasteiger partial charge in [0.05, 0.1) is 6.04 Å². The van der Waals surface area contributed by atoms with E-state index in [0.717, 1.165) is 16.5 Å². The van der Waals surface area contributed by atoms with Crippen LogP contribution in [-0.4, -0.2) is 75.9 Å². The lowest BCUT2D eigenvalue weighted by Crippen LogP contribution is -2.57. The number of unbranched alkanes of at least 4 members (excludes halogenated alkanes) is 1. The second-order valence-electron chi connectivity index (χ2n) is 10.3. The van der Waals surface area contributed by atoms with Crippen molar-refractivity contribution in [3.05, 3.63) is 36.0 Å². The van der Waals surface area contributed by atoms with E-state index in [4.69, 9.17) is 11.5 Å². The molecule has 1 aromatic carbocycles. The van der Waals surface area contributed by atoms with Crippen molar-refractivity contribution in [3.8, 4) is 0 Å². The molecule has 208 valence electrons. The number of nitrogens with one attached hydrogen (secondary N) is 3. The maximum Gasteiger partial charge on any atom is 0.326 e.